The molecule has 8 heteroatoms. The maximum atomic E-state index is 14.1. The van der Waals surface area contributed by atoms with Gasteiger partial charge in [-0.25, -0.2) is 0 Å². The van der Waals surface area contributed by atoms with Gasteiger partial charge in [0.2, 0.25) is 11.8 Å². The molecule has 2 amide bonds. The molecule has 2 aromatic carbocycles. The van der Waals surface area contributed by atoms with E-state index < -0.39 is 23.7 Å². The van der Waals surface area contributed by atoms with E-state index in [1.807, 2.05) is 30.3 Å². The number of phenolic OH excluding ortho intramolecular Hbond substituents is 1. The second-order valence-corrected chi connectivity index (χ2v) is 11.4. The summed E-state index contributed by atoms with van der Waals surface area (Å²) >= 11 is 0. The summed E-state index contributed by atoms with van der Waals surface area (Å²) in [4.78, 5) is 58.1. The zero-order chi connectivity index (χ0) is 28.4. The number of amides is 2. The molecule has 1 N–H and O–H groups in total. The number of rotatable bonds is 3. The third kappa shape index (κ3) is 3.92. The third-order valence-corrected chi connectivity index (χ3v) is 9.29. The number of aromatic hydroxyl groups is 1. The topological polar surface area (TPSA) is 104 Å². The Kier molecular flexibility index (Phi) is 6.05. The number of carbonyl (C=O) groups excluding carboxylic acids is 4. The van der Waals surface area contributed by atoms with Crippen LogP contribution in [0.3, 0.4) is 0 Å². The van der Waals surface area contributed by atoms with E-state index >= 15 is 0 Å². The number of carbonyl (C=O) groups is 4. The average Bonchev–Trinajstić information content (AvgIpc) is 3.25. The molecule has 4 atom stereocenters. The van der Waals surface area contributed by atoms with Gasteiger partial charge in [0.05, 0.1) is 30.7 Å². The van der Waals surface area contributed by atoms with Crippen molar-refractivity contribution in [1.82, 2.24) is 0 Å². The van der Waals surface area contributed by atoms with Crippen LogP contribution in [0.25, 0.3) is 0 Å². The van der Waals surface area contributed by atoms with Crippen LogP contribution >= 0.6 is 0 Å². The van der Waals surface area contributed by atoms with Crippen molar-refractivity contribution in [3.05, 3.63) is 88.5 Å². The molecule has 208 valence electrons. The first-order chi connectivity index (χ1) is 19.8. The van der Waals surface area contributed by atoms with E-state index in [1.165, 1.54) is 11.0 Å². The molecule has 2 aromatic rings. The fourth-order valence-electron chi connectivity index (χ4n) is 7.36. The quantitative estimate of drug-likeness (QED) is 0.352. The van der Waals surface area contributed by atoms with E-state index in [0.717, 1.165) is 24.4 Å². The molecular formula is C33H30N2O6. The molecule has 2 heterocycles. The number of phenols is 1. The summed E-state index contributed by atoms with van der Waals surface area (Å²) in [6.07, 6.45) is 3.90. The number of ketones is 2. The minimum atomic E-state index is -0.656. The van der Waals surface area contributed by atoms with Gasteiger partial charge in [-0.15, -0.1) is 0 Å². The van der Waals surface area contributed by atoms with E-state index in [0.29, 0.717) is 47.6 Å². The molecule has 41 heavy (non-hydrogen) atoms. The minimum Gasteiger partial charge on any atom is -0.508 e. The fourth-order valence-corrected chi connectivity index (χ4v) is 7.36. The summed E-state index contributed by atoms with van der Waals surface area (Å²) in [7, 11) is 0. The second kappa shape index (κ2) is 9.66. The molecular weight excluding hydrogens is 520 g/mol. The predicted molar refractivity (Wildman–Crippen MR) is 151 cm³/mol. The van der Waals surface area contributed by atoms with Gasteiger partial charge in [-0.05, 0) is 62.1 Å². The van der Waals surface area contributed by atoms with Crippen molar-refractivity contribution in [2.45, 2.75) is 25.7 Å². The zero-order valence-electron chi connectivity index (χ0n) is 22.7. The highest BCUT2D eigenvalue weighted by molar-refractivity contribution is 6.25. The molecule has 8 nitrogen and oxygen atoms in total. The lowest BCUT2D eigenvalue weighted by molar-refractivity contribution is -0.123. The van der Waals surface area contributed by atoms with Gasteiger partial charge in [-0.3, -0.25) is 24.1 Å². The van der Waals surface area contributed by atoms with Crippen molar-refractivity contribution in [2.75, 3.05) is 36.1 Å². The van der Waals surface area contributed by atoms with Crippen LogP contribution in [0, 0.1) is 17.8 Å². The number of imide groups is 1. The minimum absolute atomic E-state index is 0.0235. The largest absolute Gasteiger partial charge is 0.508 e. The normalized spacial score (nSPS) is 27.8. The summed E-state index contributed by atoms with van der Waals surface area (Å²) < 4.78 is 5.44. The van der Waals surface area contributed by atoms with Crippen molar-refractivity contribution < 1.29 is 29.0 Å². The number of hydrogen-bond donors (Lipinski definition) is 1. The highest BCUT2D eigenvalue weighted by Crippen LogP contribution is 2.56. The molecule has 0 radical (unpaired) electrons. The van der Waals surface area contributed by atoms with E-state index in [9.17, 15) is 24.3 Å². The first-order valence-corrected chi connectivity index (χ1v) is 14.1. The van der Waals surface area contributed by atoms with Gasteiger partial charge >= 0.3 is 0 Å². The number of hydrogen-bond acceptors (Lipinski definition) is 7. The number of allylic oxidation sites excluding steroid dienone is 6. The molecule has 7 rings (SSSR count). The number of benzene rings is 2. The smallest absolute Gasteiger partial charge is 0.238 e. The molecule has 5 aliphatic rings. The standard InChI is InChI=1S/C33H30N2O6/c1-18-16-27(37)30-25(31(18)38)17-24-21(28(30)22-4-2-3-5-26(22)36)10-11-23-29(24)33(40)35(32(23)39)20-8-6-19(7-9-20)34-12-14-41-15-13-34/h2-10,16,23-24,28-29,36H,11-15,17H2,1H3. The molecule has 3 aliphatic carbocycles. The molecule has 2 saturated heterocycles. The molecule has 0 saturated carbocycles. The maximum Gasteiger partial charge on any atom is 0.238 e. The fraction of sp³-hybridized carbons (Fsp3) is 0.333. The molecule has 0 aromatic heterocycles. The van der Waals surface area contributed by atoms with Crippen molar-refractivity contribution in [1.29, 1.82) is 0 Å². The molecule has 2 fully saturated rings. The van der Waals surface area contributed by atoms with Crippen molar-refractivity contribution >= 4 is 34.8 Å². The Balaban J connectivity index is 1.27. The van der Waals surface area contributed by atoms with Crippen LogP contribution in [0.4, 0.5) is 11.4 Å². The Hall–Kier alpha value is -4.30. The van der Waals surface area contributed by atoms with Gasteiger partial charge in [0, 0.05) is 47.0 Å². The van der Waals surface area contributed by atoms with E-state index in [4.69, 9.17) is 4.74 Å². The number of fused-ring (bicyclic) bond motifs is 3. The summed E-state index contributed by atoms with van der Waals surface area (Å²) in [5.74, 6) is -3.25. The van der Waals surface area contributed by atoms with E-state index in [-0.39, 0.29) is 35.6 Å². The van der Waals surface area contributed by atoms with Crippen LogP contribution in [0.2, 0.25) is 0 Å². The zero-order valence-corrected chi connectivity index (χ0v) is 22.7. The van der Waals surface area contributed by atoms with Crippen LogP contribution in [-0.2, 0) is 23.9 Å². The predicted octanol–water partition coefficient (Wildman–Crippen LogP) is 3.86. The Morgan fingerprint density at radius 3 is 2.32 bits per heavy atom. The lowest BCUT2D eigenvalue weighted by Gasteiger charge is -2.42. The average molecular weight is 551 g/mol. The number of Topliss-reactive ketones (excluding diaryl/α,β-unsaturated/α-hetero) is 1. The number of morpholine rings is 1. The number of anilines is 2. The van der Waals surface area contributed by atoms with Crippen LogP contribution in [-0.4, -0.2) is 54.8 Å². The first-order valence-electron chi connectivity index (χ1n) is 14.1. The summed E-state index contributed by atoms with van der Waals surface area (Å²) in [6, 6.07) is 14.3. The molecule has 4 unspecified atom stereocenters. The first kappa shape index (κ1) is 25.7. The lowest BCUT2D eigenvalue weighted by Crippen LogP contribution is -2.39. The summed E-state index contributed by atoms with van der Waals surface area (Å²) in [5, 5.41) is 10.8. The second-order valence-electron chi connectivity index (χ2n) is 11.4. The van der Waals surface area contributed by atoms with Gasteiger partial charge < -0.3 is 14.7 Å². The van der Waals surface area contributed by atoms with E-state index in [2.05, 4.69) is 4.90 Å². The molecule has 0 spiro atoms. The van der Waals surface area contributed by atoms with Gasteiger partial charge in [0.1, 0.15) is 5.75 Å². The third-order valence-electron chi connectivity index (χ3n) is 9.29. The summed E-state index contributed by atoms with van der Waals surface area (Å²) in [5.41, 5.74) is 4.01. The summed E-state index contributed by atoms with van der Waals surface area (Å²) in [6.45, 7) is 4.52. The Morgan fingerprint density at radius 2 is 1.59 bits per heavy atom. The van der Waals surface area contributed by atoms with Crippen molar-refractivity contribution in [3.63, 3.8) is 0 Å². The molecule has 2 aliphatic heterocycles. The maximum absolute atomic E-state index is 14.1. The van der Waals surface area contributed by atoms with Gasteiger partial charge in [-0.1, -0.05) is 29.8 Å². The van der Waals surface area contributed by atoms with Crippen LogP contribution in [0.5, 0.6) is 5.75 Å². The van der Waals surface area contributed by atoms with Gasteiger partial charge in [0.15, 0.2) is 11.6 Å². The van der Waals surface area contributed by atoms with Crippen LogP contribution in [0.15, 0.2) is 83.0 Å². The Morgan fingerprint density at radius 1 is 0.878 bits per heavy atom. The van der Waals surface area contributed by atoms with Gasteiger partial charge in [0.25, 0.3) is 0 Å². The van der Waals surface area contributed by atoms with Crippen LogP contribution < -0.4 is 9.80 Å². The SMILES string of the molecule is CC1=CC(=O)C2=C(CC3C(=CCC4C(=O)N(c5ccc(N6CCOCC6)cc5)C(=O)C43)C2c2ccccc2O)C1=O. The highest BCUT2D eigenvalue weighted by Gasteiger charge is 2.56. The van der Waals surface area contributed by atoms with Crippen molar-refractivity contribution in [3.8, 4) is 5.75 Å². The van der Waals surface area contributed by atoms with Crippen LogP contribution in [0.1, 0.15) is 31.2 Å². The van der Waals surface area contributed by atoms with E-state index in [1.54, 1.807) is 31.2 Å². The van der Waals surface area contributed by atoms with Crippen molar-refractivity contribution in [2.24, 2.45) is 17.8 Å². The number of nitrogens with zero attached hydrogens (tertiary/aromatic N) is 2. The highest BCUT2D eigenvalue weighted by atomic mass is 16.5. The molecule has 0 bridgehead atoms. The number of para-hydroxylation sites is 1. The Bertz CT molecular complexity index is 1590. The number of ether oxygens (including phenoxy) is 1. The van der Waals surface area contributed by atoms with Gasteiger partial charge in [-0.2, -0.15) is 0 Å². The Labute approximate surface area is 237 Å². The lowest BCUT2D eigenvalue weighted by atomic mass is 9.59. The monoisotopic (exact) mass is 550 g/mol.